The topological polar surface area (TPSA) is 90.7 Å². The minimum Gasteiger partial charge on any atom is -0.489 e. The molecule has 0 bridgehead atoms. The van der Waals surface area contributed by atoms with Crippen LogP contribution in [0.1, 0.15) is 47.1 Å². The molecule has 0 atom stereocenters. The molecule has 1 amide bonds. The second-order valence-electron chi connectivity index (χ2n) is 5.90. The van der Waals surface area contributed by atoms with Crippen LogP contribution in [0, 0.1) is 13.8 Å². The smallest absolute Gasteiger partial charge is 0.338 e. The van der Waals surface area contributed by atoms with Gasteiger partial charge in [0.1, 0.15) is 18.1 Å². The molecule has 0 aliphatic rings. The molecule has 7 heteroatoms. The van der Waals surface area contributed by atoms with Gasteiger partial charge in [-0.25, -0.2) is 4.79 Å². The van der Waals surface area contributed by atoms with Crippen LogP contribution in [0.5, 0.6) is 5.75 Å². The molecule has 7 nitrogen and oxygen atoms in total. The van der Waals surface area contributed by atoms with Gasteiger partial charge in [-0.15, -0.1) is 0 Å². The highest BCUT2D eigenvalue weighted by molar-refractivity contribution is 5.91. The molecule has 0 saturated carbocycles. The molecule has 0 spiro atoms. The first kappa shape index (κ1) is 19.5. The lowest BCUT2D eigenvalue weighted by Crippen LogP contribution is -2.29. The molecule has 0 fully saturated rings. The van der Waals surface area contributed by atoms with Gasteiger partial charge in [0.25, 0.3) is 5.91 Å². The summed E-state index contributed by atoms with van der Waals surface area (Å²) in [5.74, 6) is 0.484. The van der Waals surface area contributed by atoms with Gasteiger partial charge in [-0.3, -0.25) is 4.79 Å². The maximum absolute atomic E-state index is 12.0. The summed E-state index contributed by atoms with van der Waals surface area (Å²) >= 11 is 0. The van der Waals surface area contributed by atoms with Crippen molar-refractivity contribution >= 4 is 11.9 Å². The van der Waals surface area contributed by atoms with E-state index < -0.39 is 5.97 Å². The molecule has 1 N–H and O–H groups in total. The van der Waals surface area contributed by atoms with Crippen molar-refractivity contribution < 1.29 is 23.6 Å². The van der Waals surface area contributed by atoms with Crippen LogP contribution >= 0.6 is 0 Å². The lowest BCUT2D eigenvalue weighted by atomic mass is 10.2. The minimum absolute atomic E-state index is 0.285. The van der Waals surface area contributed by atoms with Crippen LogP contribution in [-0.4, -0.2) is 30.2 Å². The Kier molecular flexibility index (Phi) is 7.20. The Hall–Kier alpha value is -2.83. The largest absolute Gasteiger partial charge is 0.489 e. The summed E-state index contributed by atoms with van der Waals surface area (Å²) in [5.41, 5.74) is 2.05. The van der Waals surface area contributed by atoms with Crippen LogP contribution in [0.25, 0.3) is 0 Å². The molecule has 2 rings (SSSR count). The first-order valence-electron chi connectivity index (χ1n) is 8.59. The predicted octanol–water partition coefficient (Wildman–Crippen LogP) is 2.94. The lowest BCUT2D eigenvalue weighted by molar-refractivity contribution is -0.124. The van der Waals surface area contributed by atoms with Crippen molar-refractivity contribution in [2.75, 3.05) is 13.2 Å². The summed E-state index contributed by atoms with van der Waals surface area (Å²) < 4.78 is 15.8. The lowest BCUT2D eigenvalue weighted by Gasteiger charge is -2.08. The van der Waals surface area contributed by atoms with Crippen LogP contribution in [0.15, 0.2) is 28.8 Å². The summed E-state index contributed by atoms with van der Waals surface area (Å²) in [6.45, 7) is 6.36. The van der Waals surface area contributed by atoms with E-state index in [9.17, 15) is 9.59 Å². The van der Waals surface area contributed by atoms with Gasteiger partial charge in [0.2, 0.25) is 0 Å². The first-order chi connectivity index (χ1) is 12.5. The molecule has 1 heterocycles. The predicted molar refractivity (Wildman–Crippen MR) is 95.0 cm³/mol. The molecule has 2 aromatic rings. The molecule has 1 aromatic heterocycles. The number of amides is 1. The fraction of sp³-hybridized carbons (Fsp3) is 0.421. The number of nitrogens with zero attached hydrogens (tertiary/aromatic N) is 1. The zero-order valence-electron chi connectivity index (χ0n) is 15.3. The zero-order chi connectivity index (χ0) is 18.9. The van der Waals surface area contributed by atoms with Crippen molar-refractivity contribution in [1.82, 2.24) is 10.5 Å². The Balaban J connectivity index is 1.81. The number of unbranched alkanes of at least 4 members (excludes halogenated alkanes) is 1. The molecule has 0 aliphatic carbocycles. The molecule has 0 radical (unpaired) electrons. The number of carbonyl (C=O) groups excluding carboxylic acids is 2. The van der Waals surface area contributed by atoms with E-state index in [2.05, 4.69) is 10.5 Å². The fourth-order valence-electron chi connectivity index (χ4n) is 2.22. The summed E-state index contributed by atoms with van der Waals surface area (Å²) in [5, 5.41) is 6.56. The van der Waals surface area contributed by atoms with Crippen LogP contribution in [0.2, 0.25) is 0 Å². The van der Waals surface area contributed by atoms with Gasteiger partial charge in [-0.1, -0.05) is 18.5 Å². The van der Waals surface area contributed by atoms with Crippen molar-refractivity contribution in [3.63, 3.8) is 0 Å². The van der Waals surface area contributed by atoms with Crippen molar-refractivity contribution in [2.45, 2.75) is 40.2 Å². The average Bonchev–Trinajstić information content (AvgIpc) is 2.96. The number of esters is 1. The number of rotatable bonds is 9. The van der Waals surface area contributed by atoms with Gasteiger partial charge < -0.3 is 19.3 Å². The molecule has 0 saturated heterocycles. The number of aromatic nitrogens is 1. The Labute approximate surface area is 152 Å². The maximum Gasteiger partial charge on any atom is 0.338 e. The third-order valence-corrected chi connectivity index (χ3v) is 3.84. The monoisotopic (exact) mass is 360 g/mol. The van der Waals surface area contributed by atoms with Crippen molar-refractivity contribution in [1.29, 1.82) is 0 Å². The minimum atomic E-state index is -0.548. The third-order valence-electron chi connectivity index (χ3n) is 3.84. The summed E-state index contributed by atoms with van der Waals surface area (Å²) in [7, 11) is 0. The number of ether oxygens (including phenoxy) is 2. The van der Waals surface area contributed by atoms with Gasteiger partial charge in [0.05, 0.1) is 16.8 Å². The first-order valence-corrected chi connectivity index (χ1v) is 8.59. The van der Waals surface area contributed by atoms with E-state index in [1.54, 1.807) is 24.3 Å². The zero-order valence-corrected chi connectivity index (χ0v) is 15.3. The van der Waals surface area contributed by atoms with Gasteiger partial charge in [-0.2, -0.15) is 0 Å². The van der Waals surface area contributed by atoms with Crippen LogP contribution in [-0.2, 0) is 16.1 Å². The number of nitrogens with one attached hydrogen (secondary N) is 1. The van der Waals surface area contributed by atoms with E-state index >= 15 is 0 Å². The Bertz CT molecular complexity index is 717. The van der Waals surface area contributed by atoms with E-state index in [1.807, 2.05) is 20.8 Å². The quantitative estimate of drug-likeness (QED) is 0.546. The van der Waals surface area contributed by atoms with Crippen LogP contribution in [0.3, 0.4) is 0 Å². The Morgan fingerprint density at radius 2 is 1.92 bits per heavy atom. The summed E-state index contributed by atoms with van der Waals surface area (Å²) in [4.78, 5) is 23.5. The van der Waals surface area contributed by atoms with Crippen molar-refractivity contribution in [3.05, 3.63) is 46.8 Å². The molecule has 140 valence electrons. The van der Waals surface area contributed by atoms with Gasteiger partial charge in [-0.05, 0) is 44.5 Å². The van der Waals surface area contributed by atoms with E-state index in [0.717, 1.165) is 29.9 Å². The fourth-order valence-corrected chi connectivity index (χ4v) is 2.22. The van der Waals surface area contributed by atoms with E-state index in [0.29, 0.717) is 24.5 Å². The Morgan fingerprint density at radius 3 is 2.54 bits per heavy atom. The number of aryl methyl sites for hydroxylation is 2. The van der Waals surface area contributed by atoms with Gasteiger partial charge in [0.15, 0.2) is 6.61 Å². The van der Waals surface area contributed by atoms with Crippen molar-refractivity contribution in [3.8, 4) is 5.75 Å². The molecular formula is C19H24N2O5. The number of hydrogen-bond donors (Lipinski definition) is 1. The molecule has 1 aromatic carbocycles. The molecule has 0 aliphatic heterocycles. The number of benzene rings is 1. The molecule has 26 heavy (non-hydrogen) atoms. The highest BCUT2D eigenvalue weighted by Crippen LogP contribution is 2.18. The summed E-state index contributed by atoms with van der Waals surface area (Å²) in [6, 6.07) is 6.55. The molecular weight excluding hydrogens is 336 g/mol. The van der Waals surface area contributed by atoms with E-state index in [-0.39, 0.29) is 12.5 Å². The Morgan fingerprint density at radius 1 is 1.19 bits per heavy atom. The average molecular weight is 360 g/mol. The normalized spacial score (nSPS) is 10.4. The van der Waals surface area contributed by atoms with Crippen LogP contribution in [0.4, 0.5) is 0 Å². The number of hydrogen-bond acceptors (Lipinski definition) is 6. The standard InChI is InChI=1S/C19H24N2O5/c1-4-5-10-20-18(22)12-25-19(23)15-6-8-16(9-7-15)24-11-17-13(2)21-26-14(17)3/h6-9H,4-5,10-12H2,1-3H3,(H,20,22). The maximum atomic E-state index is 12.0. The van der Waals surface area contributed by atoms with Crippen LogP contribution < -0.4 is 10.1 Å². The van der Waals surface area contributed by atoms with Gasteiger partial charge >= 0.3 is 5.97 Å². The van der Waals surface area contributed by atoms with Crippen molar-refractivity contribution in [2.24, 2.45) is 0 Å². The highest BCUT2D eigenvalue weighted by Gasteiger charge is 2.12. The SMILES string of the molecule is CCCCNC(=O)COC(=O)c1ccc(OCc2c(C)noc2C)cc1. The second-order valence-corrected chi connectivity index (χ2v) is 5.90. The van der Waals surface area contributed by atoms with Gasteiger partial charge in [0, 0.05) is 6.54 Å². The summed E-state index contributed by atoms with van der Waals surface area (Å²) in [6.07, 6.45) is 1.89. The van der Waals surface area contributed by atoms with E-state index in [1.165, 1.54) is 0 Å². The third kappa shape index (κ3) is 5.61. The number of carbonyl (C=O) groups is 2. The highest BCUT2D eigenvalue weighted by atomic mass is 16.5. The second kappa shape index (κ2) is 9.60. The molecule has 0 unspecified atom stereocenters. The van der Waals surface area contributed by atoms with E-state index in [4.69, 9.17) is 14.0 Å².